The number of carbonyl (C=O) groups excluding carboxylic acids is 1. The molecule has 1 aliphatic heterocycles. The second-order valence-electron chi connectivity index (χ2n) is 6.56. The van der Waals surface area contributed by atoms with Gasteiger partial charge in [-0.3, -0.25) is 9.48 Å². The van der Waals surface area contributed by atoms with Crippen LogP contribution in [0.4, 0.5) is 14.8 Å². The summed E-state index contributed by atoms with van der Waals surface area (Å²) in [6.07, 6.45) is -1.10. The van der Waals surface area contributed by atoms with Crippen molar-refractivity contribution in [1.82, 2.24) is 19.7 Å². The summed E-state index contributed by atoms with van der Waals surface area (Å²) in [4.78, 5) is 20.7. The van der Waals surface area contributed by atoms with Gasteiger partial charge in [-0.2, -0.15) is 10.1 Å². The quantitative estimate of drug-likeness (QED) is 0.701. The van der Waals surface area contributed by atoms with Crippen LogP contribution in [0.1, 0.15) is 16.1 Å². The third-order valence-corrected chi connectivity index (χ3v) is 4.55. The number of oxazole rings is 1. The molecule has 142 valence electrons. The third-order valence-electron chi connectivity index (χ3n) is 4.55. The van der Waals surface area contributed by atoms with Crippen molar-refractivity contribution >= 4 is 23.0 Å². The molecule has 9 heteroatoms. The van der Waals surface area contributed by atoms with Crippen LogP contribution in [0.15, 0.2) is 34.9 Å². The zero-order valence-corrected chi connectivity index (χ0v) is 14.8. The Hall–Kier alpha value is -2.97. The average Bonchev–Trinajstić information content (AvgIpc) is 3.27. The number of piperazine rings is 1. The summed E-state index contributed by atoms with van der Waals surface area (Å²) in [5, 5.41) is 3.94. The predicted octanol–water partition coefficient (Wildman–Crippen LogP) is 2.56. The molecule has 1 fully saturated rings. The topological polar surface area (TPSA) is 67.4 Å². The Morgan fingerprint density at radius 2 is 2.00 bits per heavy atom. The van der Waals surface area contributed by atoms with Crippen molar-refractivity contribution in [2.24, 2.45) is 0 Å². The van der Waals surface area contributed by atoms with Crippen LogP contribution in [0.5, 0.6) is 0 Å². The highest BCUT2D eigenvalue weighted by Gasteiger charge is 2.26. The number of anilines is 1. The average molecular weight is 375 g/mol. The zero-order chi connectivity index (χ0) is 19.0. The summed E-state index contributed by atoms with van der Waals surface area (Å²) >= 11 is 0. The number of rotatable bonds is 4. The number of aryl methyl sites for hydroxylation is 1. The van der Waals surface area contributed by atoms with Crippen LogP contribution in [-0.4, -0.2) is 58.2 Å². The molecule has 0 bridgehead atoms. The van der Waals surface area contributed by atoms with Gasteiger partial charge in [0.2, 0.25) is 0 Å². The minimum absolute atomic E-state index is 0.182. The highest BCUT2D eigenvalue weighted by atomic mass is 19.3. The number of hydrogen-bond donors (Lipinski definition) is 0. The normalized spacial score (nSPS) is 15.1. The Bertz CT molecular complexity index is 960. The summed E-state index contributed by atoms with van der Waals surface area (Å²) in [6, 6.07) is 7.86. The summed E-state index contributed by atoms with van der Waals surface area (Å²) in [5.41, 5.74) is 2.84. The lowest BCUT2D eigenvalue weighted by Gasteiger charge is -2.33. The molecule has 4 rings (SSSR count). The SMILES string of the molecule is Cc1ccc2oc(N3CCN(C(=O)c4ccn(CC(F)F)n4)CC3)nc2c1. The molecule has 7 nitrogen and oxygen atoms in total. The van der Waals surface area contributed by atoms with E-state index in [1.54, 1.807) is 4.90 Å². The summed E-state index contributed by atoms with van der Waals surface area (Å²) in [6.45, 7) is 3.61. The molecule has 0 aliphatic carbocycles. The molecule has 1 aliphatic rings. The lowest BCUT2D eigenvalue weighted by atomic mass is 10.2. The van der Waals surface area contributed by atoms with Gasteiger partial charge in [0, 0.05) is 32.4 Å². The first-order valence-corrected chi connectivity index (χ1v) is 8.72. The number of benzene rings is 1. The minimum Gasteiger partial charge on any atom is -0.423 e. The highest BCUT2D eigenvalue weighted by Crippen LogP contribution is 2.24. The molecule has 0 unspecified atom stereocenters. The molecule has 0 spiro atoms. The fourth-order valence-corrected chi connectivity index (χ4v) is 3.14. The minimum atomic E-state index is -2.50. The van der Waals surface area contributed by atoms with Crippen molar-refractivity contribution in [3.05, 3.63) is 41.7 Å². The smallest absolute Gasteiger partial charge is 0.298 e. The van der Waals surface area contributed by atoms with Gasteiger partial charge in [-0.1, -0.05) is 6.07 Å². The second kappa shape index (κ2) is 6.98. The van der Waals surface area contributed by atoms with Crippen molar-refractivity contribution in [3.8, 4) is 0 Å². The van der Waals surface area contributed by atoms with Gasteiger partial charge < -0.3 is 14.2 Å². The van der Waals surface area contributed by atoms with E-state index >= 15 is 0 Å². The van der Waals surface area contributed by atoms with Crippen molar-refractivity contribution in [2.45, 2.75) is 19.9 Å². The molecule has 0 N–H and O–H groups in total. The van der Waals surface area contributed by atoms with E-state index in [4.69, 9.17) is 4.42 Å². The molecule has 1 amide bonds. The van der Waals surface area contributed by atoms with Gasteiger partial charge in [-0.05, 0) is 30.7 Å². The van der Waals surface area contributed by atoms with Crippen LogP contribution < -0.4 is 4.90 Å². The standard InChI is InChI=1S/C18H19F2N5O2/c1-12-2-3-15-14(10-12)21-18(27-15)24-8-6-23(7-9-24)17(26)13-4-5-25(22-13)11-16(19)20/h2-5,10,16H,6-9,11H2,1H3. The molecule has 2 aromatic heterocycles. The van der Waals surface area contributed by atoms with Gasteiger partial charge in [0.05, 0.1) is 0 Å². The summed E-state index contributed by atoms with van der Waals surface area (Å²) < 4.78 is 31.7. The monoisotopic (exact) mass is 375 g/mol. The molecule has 0 radical (unpaired) electrons. The number of hydrogen-bond acceptors (Lipinski definition) is 5. The van der Waals surface area contributed by atoms with E-state index in [-0.39, 0.29) is 11.6 Å². The molecule has 1 aromatic carbocycles. The molecule has 3 aromatic rings. The number of halogens is 2. The number of nitrogens with zero attached hydrogens (tertiary/aromatic N) is 5. The van der Waals surface area contributed by atoms with Gasteiger partial charge >= 0.3 is 0 Å². The van der Waals surface area contributed by atoms with Gasteiger partial charge in [0.15, 0.2) is 5.58 Å². The largest absolute Gasteiger partial charge is 0.423 e. The first-order chi connectivity index (χ1) is 13.0. The highest BCUT2D eigenvalue weighted by molar-refractivity contribution is 5.92. The first-order valence-electron chi connectivity index (χ1n) is 8.72. The molecular weight excluding hydrogens is 356 g/mol. The number of aromatic nitrogens is 3. The van der Waals surface area contributed by atoms with Crippen LogP contribution in [0.25, 0.3) is 11.1 Å². The van der Waals surface area contributed by atoms with Gasteiger partial charge in [0.25, 0.3) is 18.3 Å². The summed E-state index contributed by atoms with van der Waals surface area (Å²) in [5.74, 6) is -0.254. The zero-order valence-electron chi connectivity index (χ0n) is 14.8. The van der Waals surface area contributed by atoms with Crippen molar-refractivity contribution in [1.29, 1.82) is 0 Å². The molecule has 3 heterocycles. The lowest BCUT2D eigenvalue weighted by molar-refractivity contribution is 0.0735. The van der Waals surface area contributed by atoms with Crippen molar-refractivity contribution < 1.29 is 18.0 Å². The van der Waals surface area contributed by atoms with Crippen LogP contribution in [0.2, 0.25) is 0 Å². The maximum absolute atomic E-state index is 12.5. The van der Waals surface area contributed by atoms with E-state index in [2.05, 4.69) is 10.1 Å². The van der Waals surface area contributed by atoms with E-state index in [9.17, 15) is 13.6 Å². The van der Waals surface area contributed by atoms with E-state index in [0.717, 1.165) is 21.3 Å². The van der Waals surface area contributed by atoms with Gasteiger partial charge in [0.1, 0.15) is 17.8 Å². The van der Waals surface area contributed by atoms with Crippen LogP contribution in [-0.2, 0) is 6.54 Å². The van der Waals surface area contributed by atoms with E-state index < -0.39 is 13.0 Å². The van der Waals surface area contributed by atoms with Gasteiger partial charge in [-0.25, -0.2) is 8.78 Å². The molecule has 1 saturated heterocycles. The Labute approximate surface area is 154 Å². The van der Waals surface area contributed by atoms with E-state index in [0.29, 0.717) is 32.2 Å². The number of fused-ring (bicyclic) bond motifs is 1. The maximum atomic E-state index is 12.5. The van der Waals surface area contributed by atoms with Crippen LogP contribution in [0, 0.1) is 6.92 Å². The number of carbonyl (C=O) groups is 1. The molecule has 0 atom stereocenters. The van der Waals surface area contributed by atoms with Crippen molar-refractivity contribution in [2.75, 3.05) is 31.1 Å². The second-order valence-corrected chi connectivity index (χ2v) is 6.56. The first kappa shape index (κ1) is 17.4. The van der Waals surface area contributed by atoms with Crippen LogP contribution >= 0.6 is 0 Å². The third kappa shape index (κ3) is 3.62. The number of amides is 1. The molecular formula is C18H19F2N5O2. The molecule has 27 heavy (non-hydrogen) atoms. The Kier molecular flexibility index (Phi) is 4.51. The molecule has 0 saturated carbocycles. The van der Waals surface area contributed by atoms with Gasteiger partial charge in [-0.15, -0.1) is 0 Å². The Balaban J connectivity index is 1.40. The van der Waals surface area contributed by atoms with E-state index in [1.165, 1.54) is 12.3 Å². The predicted molar refractivity (Wildman–Crippen MR) is 95.1 cm³/mol. The van der Waals surface area contributed by atoms with Crippen molar-refractivity contribution in [3.63, 3.8) is 0 Å². The fraction of sp³-hybridized carbons (Fsp3) is 0.389. The Morgan fingerprint density at radius 1 is 1.22 bits per heavy atom. The Morgan fingerprint density at radius 3 is 2.74 bits per heavy atom. The fourth-order valence-electron chi connectivity index (χ4n) is 3.14. The van der Waals surface area contributed by atoms with Crippen LogP contribution in [0.3, 0.4) is 0 Å². The summed E-state index contributed by atoms with van der Waals surface area (Å²) in [7, 11) is 0. The lowest BCUT2D eigenvalue weighted by Crippen LogP contribution is -2.49. The van der Waals surface area contributed by atoms with E-state index in [1.807, 2.05) is 30.0 Å². The maximum Gasteiger partial charge on any atom is 0.298 e. The number of alkyl halides is 2.